The van der Waals surface area contributed by atoms with Crippen LogP contribution >= 0.6 is 37.2 Å². The maximum Gasteiger partial charge on any atom is 0.0894 e. The summed E-state index contributed by atoms with van der Waals surface area (Å²) in [6, 6.07) is 8.12. The third kappa shape index (κ3) is 1.34. The quantitative estimate of drug-likeness (QED) is 0.452. The predicted molar refractivity (Wildman–Crippen MR) is 60.3 cm³/mol. The van der Waals surface area contributed by atoms with E-state index in [-0.39, 0.29) is 0 Å². The van der Waals surface area contributed by atoms with Crippen LogP contribution in [0.3, 0.4) is 0 Å². The van der Waals surface area contributed by atoms with Crippen LogP contribution in [-0.4, -0.2) is 0 Å². The fraction of sp³-hybridized carbons (Fsp3) is 0. The summed E-state index contributed by atoms with van der Waals surface area (Å²) >= 11 is 10.2. The van der Waals surface area contributed by atoms with E-state index in [1.807, 2.05) is 18.2 Å². The molecule has 0 aromatic heterocycles. The molecule has 12 heavy (non-hydrogen) atoms. The SMILES string of the molecule is SC1=C(S)c2ccccc2SN1. The first-order valence-corrected chi connectivity index (χ1v) is 5.14. The van der Waals surface area contributed by atoms with Gasteiger partial charge in [-0.05, 0) is 18.0 Å². The smallest absolute Gasteiger partial charge is 0.0894 e. The Hall–Kier alpha value is -0.190. The van der Waals surface area contributed by atoms with Crippen LogP contribution < -0.4 is 4.72 Å². The molecule has 1 aromatic rings. The van der Waals surface area contributed by atoms with E-state index in [0.29, 0.717) is 0 Å². The molecule has 0 unspecified atom stereocenters. The van der Waals surface area contributed by atoms with Gasteiger partial charge < -0.3 is 4.72 Å². The van der Waals surface area contributed by atoms with Crippen LogP contribution in [0.1, 0.15) is 5.56 Å². The third-order valence-corrected chi connectivity index (χ3v) is 3.63. The molecule has 0 saturated carbocycles. The van der Waals surface area contributed by atoms with Crippen molar-refractivity contribution in [1.29, 1.82) is 0 Å². The molecular formula is C8H7NS3. The highest BCUT2D eigenvalue weighted by Crippen LogP contribution is 2.36. The number of nitrogens with one attached hydrogen (secondary N) is 1. The van der Waals surface area contributed by atoms with Gasteiger partial charge in [-0.1, -0.05) is 18.2 Å². The molecule has 0 fully saturated rings. The Morgan fingerprint density at radius 3 is 2.75 bits per heavy atom. The van der Waals surface area contributed by atoms with Gasteiger partial charge in [0, 0.05) is 15.4 Å². The van der Waals surface area contributed by atoms with Gasteiger partial charge in [0.05, 0.1) is 5.03 Å². The average Bonchev–Trinajstić information content (AvgIpc) is 2.12. The van der Waals surface area contributed by atoms with Crippen molar-refractivity contribution in [2.75, 3.05) is 0 Å². The largest absolute Gasteiger partial charge is 0.319 e. The molecular weight excluding hydrogens is 206 g/mol. The minimum absolute atomic E-state index is 0.821. The van der Waals surface area contributed by atoms with E-state index in [2.05, 4.69) is 36.0 Å². The summed E-state index contributed by atoms with van der Waals surface area (Å²) in [6.07, 6.45) is 0. The number of thiol groups is 2. The second-order valence-electron chi connectivity index (χ2n) is 2.40. The van der Waals surface area contributed by atoms with Gasteiger partial charge in [-0.15, -0.1) is 25.3 Å². The lowest BCUT2D eigenvalue weighted by molar-refractivity contribution is 1.29. The van der Waals surface area contributed by atoms with E-state index in [9.17, 15) is 0 Å². The zero-order chi connectivity index (χ0) is 8.55. The van der Waals surface area contributed by atoms with Crippen molar-refractivity contribution in [1.82, 2.24) is 4.72 Å². The van der Waals surface area contributed by atoms with Gasteiger partial charge in [-0.25, -0.2) is 0 Å². The number of fused-ring (bicyclic) bond motifs is 1. The van der Waals surface area contributed by atoms with Crippen LogP contribution in [0.5, 0.6) is 0 Å². The Kier molecular flexibility index (Phi) is 2.30. The first-order chi connectivity index (χ1) is 5.79. The van der Waals surface area contributed by atoms with E-state index >= 15 is 0 Å². The molecule has 1 nitrogen and oxygen atoms in total. The first-order valence-electron chi connectivity index (χ1n) is 3.43. The standard InChI is InChI=1S/C8H7NS3/c10-7-5-3-1-2-4-6(5)12-9-8(7)11/h1-4,9-11H. The average molecular weight is 213 g/mol. The molecule has 0 spiro atoms. The van der Waals surface area contributed by atoms with Crippen molar-refractivity contribution >= 4 is 42.1 Å². The van der Waals surface area contributed by atoms with E-state index < -0.39 is 0 Å². The fourth-order valence-corrected chi connectivity index (χ4v) is 2.43. The van der Waals surface area contributed by atoms with Crippen molar-refractivity contribution in [2.45, 2.75) is 4.90 Å². The predicted octanol–water partition coefficient (Wildman–Crippen LogP) is 2.78. The third-order valence-electron chi connectivity index (χ3n) is 1.62. The molecule has 0 bridgehead atoms. The second-order valence-corrected chi connectivity index (χ2v) is 4.14. The van der Waals surface area contributed by atoms with Crippen LogP contribution in [0.2, 0.25) is 0 Å². The van der Waals surface area contributed by atoms with Crippen molar-refractivity contribution in [3.05, 3.63) is 34.9 Å². The Morgan fingerprint density at radius 1 is 1.17 bits per heavy atom. The van der Waals surface area contributed by atoms with E-state index in [4.69, 9.17) is 0 Å². The molecule has 1 N–H and O–H groups in total. The van der Waals surface area contributed by atoms with Crippen molar-refractivity contribution in [3.63, 3.8) is 0 Å². The maximum atomic E-state index is 4.36. The molecule has 0 saturated heterocycles. The van der Waals surface area contributed by atoms with Crippen LogP contribution in [0.4, 0.5) is 0 Å². The topological polar surface area (TPSA) is 12.0 Å². The van der Waals surface area contributed by atoms with Crippen LogP contribution in [0.25, 0.3) is 4.91 Å². The molecule has 1 heterocycles. The highest BCUT2D eigenvalue weighted by molar-refractivity contribution is 8.00. The van der Waals surface area contributed by atoms with Gasteiger partial charge in [0.25, 0.3) is 0 Å². The molecule has 0 radical (unpaired) electrons. The summed E-state index contributed by atoms with van der Waals surface area (Å²) in [4.78, 5) is 2.10. The lowest BCUT2D eigenvalue weighted by Crippen LogP contribution is -2.05. The maximum absolute atomic E-state index is 4.36. The van der Waals surface area contributed by atoms with Crippen molar-refractivity contribution in [2.24, 2.45) is 0 Å². The van der Waals surface area contributed by atoms with Crippen molar-refractivity contribution < 1.29 is 0 Å². The summed E-state index contributed by atoms with van der Waals surface area (Å²) < 4.78 is 3.07. The van der Waals surface area contributed by atoms with Gasteiger partial charge in [-0.2, -0.15) is 0 Å². The summed E-state index contributed by atoms with van der Waals surface area (Å²) in [5.74, 6) is 0. The van der Waals surface area contributed by atoms with E-state index in [0.717, 1.165) is 15.5 Å². The Morgan fingerprint density at radius 2 is 1.92 bits per heavy atom. The van der Waals surface area contributed by atoms with Gasteiger partial charge in [0.15, 0.2) is 0 Å². The van der Waals surface area contributed by atoms with Crippen LogP contribution in [0.15, 0.2) is 34.2 Å². The van der Waals surface area contributed by atoms with Crippen molar-refractivity contribution in [3.8, 4) is 0 Å². The van der Waals surface area contributed by atoms with Crippen LogP contribution in [-0.2, 0) is 0 Å². The second kappa shape index (κ2) is 3.28. The highest BCUT2D eigenvalue weighted by atomic mass is 32.2. The Labute approximate surface area is 86.6 Å². The van der Waals surface area contributed by atoms with E-state index in [1.54, 1.807) is 11.9 Å². The molecule has 0 aliphatic carbocycles. The Bertz CT molecular complexity index is 346. The molecule has 0 amide bonds. The normalized spacial score (nSPS) is 15.5. The van der Waals surface area contributed by atoms with Gasteiger partial charge in [0.2, 0.25) is 0 Å². The molecule has 1 aliphatic rings. The van der Waals surface area contributed by atoms with E-state index in [1.165, 1.54) is 4.90 Å². The molecule has 1 aromatic carbocycles. The minimum Gasteiger partial charge on any atom is -0.319 e. The number of benzene rings is 1. The fourth-order valence-electron chi connectivity index (χ4n) is 1.03. The molecule has 1 aliphatic heterocycles. The lowest BCUT2D eigenvalue weighted by Gasteiger charge is -2.17. The molecule has 2 rings (SSSR count). The van der Waals surface area contributed by atoms with Gasteiger partial charge in [-0.3, -0.25) is 0 Å². The molecule has 4 heteroatoms. The number of rotatable bonds is 0. The molecule has 0 atom stereocenters. The first kappa shape index (κ1) is 8.41. The summed E-state index contributed by atoms with van der Waals surface area (Å²) in [5, 5.41) is 0.821. The lowest BCUT2D eigenvalue weighted by atomic mass is 10.2. The summed E-state index contributed by atoms with van der Waals surface area (Å²) in [5.41, 5.74) is 1.15. The highest BCUT2D eigenvalue weighted by Gasteiger charge is 2.13. The number of hydrogen-bond acceptors (Lipinski definition) is 4. The summed E-state index contributed by atoms with van der Waals surface area (Å²) in [6.45, 7) is 0. The van der Waals surface area contributed by atoms with Crippen LogP contribution in [0, 0.1) is 0 Å². The molecule has 62 valence electrons. The minimum atomic E-state index is 0.821. The monoisotopic (exact) mass is 213 g/mol. The van der Waals surface area contributed by atoms with Gasteiger partial charge in [0.1, 0.15) is 0 Å². The number of hydrogen-bond donors (Lipinski definition) is 3. The Balaban J connectivity index is 2.59. The zero-order valence-corrected chi connectivity index (χ0v) is 8.72. The van der Waals surface area contributed by atoms with Gasteiger partial charge >= 0.3 is 0 Å². The summed E-state index contributed by atoms with van der Waals surface area (Å²) in [7, 11) is 0. The zero-order valence-electron chi connectivity index (χ0n) is 6.11.